The molecule has 0 bridgehead atoms. The van der Waals surface area contributed by atoms with Crippen molar-refractivity contribution < 1.29 is 8.42 Å². The molecular formula is C19H25ClN4O2S. The van der Waals surface area contributed by atoms with Gasteiger partial charge in [-0.15, -0.1) is 0 Å². The second-order valence-electron chi connectivity index (χ2n) is 6.13. The highest BCUT2D eigenvalue weighted by molar-refractivity contribution is 7.89. The van der Waals surface area contributed by atoms with Gasteiger partial charge in [-0.2, -0.15) is 0 Å². The fourth-order valence-electron chi connectivity index (χ4n) is 2.52. The Bertz CT molecular complexity index is 898. The first-order chi connectivity index (χ1) is 12.8. The minimum absolute atomic E-state index is 0.289. The van der Waals surface area contributed by atoms with Crippen LogP contribution in [0.4, 0.5) is 0 Å². The van der Waals surface area contributed by atoms with Gasteiger partial charge < -0.3 is 10.6 Å². The molecule has 0 aliphatic rings. The van der Waals surface area contributed by atoms with Crippen LogP contribution in [0.25, 0.3) is 0 Å². The average Bonchev–Trinajstić information content (AvgIpc) is 2.64. The summed E-state index contributed by atoms with van der Waals surface area (Å²) in [6.45, 7) is 1.03. The van der Waals surface area contributed by atoms with Gasteiger partial charge in [0.1, 0.15) is 0 Å². The number of sulfonamides is 1. The highest BCUT2D eigenvalue weighted by atomic mass is 35.5. The summed E-state index contributed by atoms with van der Waals surface area (Å²) in [6.07, 6.45) is 0.798. The van der Waals surface area contributed by atoms with Crippen molar-refractivity contribution in [2.45, 2.75) is 17.9 Å². The number of benzene rings is 2. The molecule has 2 N–H and O–H groups in total. The van der Waals surface area contributed by atoms with Gasteiger partial charge >= 0.3 is 0 Å². The highest BCUT2D eigenvalue weighted by Crippen LogP contribution is 2.18. The van der Waals surface area contributed by atoms with Crippen LogP contribution in [0.3, 0.4) is 0 Å². The number of nitrogens with one attached hydrogen (secondary N) is 2. The van der Waals surface area contributed by atoms with E-state index in [0.29, 0.717) is 29.6 Å². The first-order valence-electron chi connectivity index (χ1n) is 8.54. The number of aliphatic imine (C=N–C) groups is 1. The summed E-state index contributed by atoms with van der Waals surface area (Å²) >= 11 is 6.00. The van der Waals surface area contributed by atoms with E-state index in [-0.39, 0.29) is 4.90 Å². The van der Waals surface area contributed by atoms with Crippen molar-refractivity contribution >= 4 is 27.6 Å². The van der Waals surface area contributed by atoms with Crippen molar-refractivity contribution in [2.24, 2.45) is 4.99 Å². The van der Waals surface area contributed by atoms with Crippen molar-refractivity contribution in [3.8, 4) is 0 Å². The van der Waals surface area contributed by atoms with Gasteiger partial charge in [0.15, 0.2) is 5.96 Å². The smallest absolute Gasteiger partial charge is 0.242 e. The van der Waals surface area contributed by atoms with E-state index in [4.69, 9.17) is 11.6 Å². The standard InChI is InChI=1S/C19H25ClN4O2S/c1-21-19(22-12-11-15-7-6-9-17(20)13-15)23-14-16-8-4-5-10-18(16)27(25,26)24(2)3/h4-10,13H,11-12,14H2,1-3H3,(H2,21,22,23). The lowest BCUT2D eigenvalue weighted by atomic mass is 10.1. The average molecular weight is 409 g/mol. The molecular weight excluding hydrogens is 384 g/mol. The lowest BCUT2D eigenvalue weighted by molar-refractivity contribution is 0.519. The third-order valence-corrected chi connectivity index (χ3v) is 6.15. The monoisotopic (exact) mass is 408 g/mol. The Labute approximate surface area is 166 Å². The molecule has 0 heterocycles. The van der Waals surface area contributed by atoms with Crippen molar-refractivity contribution in [3.63, 3.8) is 0 Å². The Hall–Kier alpha value is -2.09. The Balaban J connectivity index is 1.97. The lowest BCUT2D eigenvalue weighted by Gasteiger charge is -2.17. The maximum absolute atomic E-state index is 12.5. The molecule has 6 nitrogen and oxygen atoms in total. The van der Waals surface area contributed by atoms with Crippen molar-refractivity contribution in [1.82, 2.24) is 14.9 Å². The van der Waals surface area contributed by atoms with Gasteiger partial charge in [0, 0.05) is 39.3 Å². The van der Waals surface area contributed by atoms with Gasteiger partial charge in [-0.1, -0.05) is 41.9 Å². The molecule has 2 aromatic carbocycles. The molecule has 0 aliphatic carbocycles. The number of hydrogen-bond acceptors (Lipinski definition) is 3. The third-order valence-electron chi connectivity index (χ3n) is 4.00. The van der Waals surface area contributed by atoms with Crippen LogP contribution in [0.15, 0.2) is 58.4 Å². The third kappa shape index (κ3) is 5.95. The quantitative estimate of drug-likeness (QED) is 0.545. The van der Waals surface area contributed by atoms with Crippen LogP contribution in [0, 0.1) is 0 Å². The number of guanidine groups is 1. The summed E-state index contributed by atoms with van der Waals surface area (Å²) in [5.74, 6) is 0.606. The van der Waals surface area contributed by atoms with E-state index in [1.54, 1.807) is 25.2 Å². The molecule has 146 valence electrons. The Morgan fingerprint density at radius 1 is 1.11 bits per heavy atom. The molecule has 0 spiro atoms. The predicted molar refractivity (Wildman–Crippen MR) is 111 cm³/mol. The first kappa shape index (κ1) is 21.2. The molecule has 0 saturated carbocycles. The van der Waals surface area contributed by atoms with Crippen molar-refractivity contribution in [2.75, 3.05) is 27.7 Å². The second-order valence-corrected chi connectivity index (χ2v) is 8.68. The minimum Gasteiger partial charge on any atom is -0.356 e. The van der Waals surface area contributed by atoms with Crippen LogP contribution >= 0.6 is 11.6 Å². The van der Waals surface area contributed by atoms with Crippen LogP contribution in [0.2, 0.25) is 5.02 Å². The fraction of sp³-hybridized carbons (Fsp3) is 0.316. The highest BCUT2D eigenvalue weighted by Gasteiger charge is 2.20. The molecule has 0 unspecified atom stereocenters. The van der Waals surface area contributed by atoms with E-state index in [1.807, 2.05) is 30.3 Å². The van der Waals surface area contributed by atoms with Gasteiger partial charge in [-0.05, 0) is 35.7 Å². The Morgan fingerprint density at radius 2 is 1.85 bits per heavy atom. The molecule has 0 saturated heterocycles. The molecule has 0 atom stereocenters. The molecule has 27 heavy (non-hydrogen) atoms. The maximum Gasteiger partial charge on any atom is 0.242 e. The normalized spacial score (nSPS) is 12.3. The van der Waals surface area contributed by atoms with E-state index < -0.39 is 10.0 Å². The molecule has 2 rings (SSSR count). The number of hydrogen-bond donors (Lipinski definition) is 2. The van der Waals surface area contributed by atoms with Gasteiger partial charge in [-0.3, -0.25) is 4.99 Å². The maximum atomic E-state index is 12.5. The van der Waals surface area contributed by atoms with Crippen molar-refractivity contribution in [1.29, 1.82) is 0 Å². The van der Waals surface area contributed by atoms with Gasteiger partial charge in [0.25, 0.3) is 0 Å². The predicted octanol–water partition coefficient (Wildman–Crippen LogP) is 2.50. The summed E-state index contributed by atoms with van der Waals surface area (Å²) in [5.41, 5.74) is 1.82. The first-order valence-corrected chi connectivity index (χ1v) is 10.4. The van der Waals surface area contributed by atoms with Crippen molar-refractivity contribution in [3.05, 3.63) is 64.7 Å². The number of rotatable bonds is 7. The molecule has 0 fully saturated rings. The number of nitrogens with zero attached hydrogens (tertiary/aromatic N) is 2. The molecule has 0 aliphatic heterocycles. The van der Waals surface area contributed by atoms with Gasteiger partial charge in [0.2, 0.25) is 10.0 Å². The zero-order valence-corrected chi connectivity index (χ0v) is 17.3. The second kappa shape index (κ2) is 9.73. The molecule has 0 aromatic heterocycles. The summed E-state index contributed by atoms with van der Waals surface area (Å²) in [6, 6.07) is 14.7. The SMILES string of the molecule is CN=C(NCCc1cccc(Cl)c1)NCc1ccccc1S(=O)(=O)N(C)C. The zero-order valence-electron chi connectivity index (χ0n) is 15.7. The summed E-state index contributed by atoms with van der Waals surface area (Å²) in [4.78, 5) is 4.48. The van der Waals surface area contributed by atoms with E-state index in [2.05, 4.69) is 15.6 Å². The lowest BCUT2D eigenvalue weighted by Crippen LogP contribution is -2.38. The topological polar surface area (TPSA) is 73.8 Å². The van der Waals surface area contributed by atoms with Crippen LogP contribution in [-0.2, 0) is 23.0 Å². The molecule has 2 aromatic rings. The largest absolute Gasteiger partial charge is 0.356 e. The van der Waals surface area contributed by atoms with Gasteiger partial charge in [-0.25, -0.2) is 12.7 Å². The van der Waals surface area contributed by atoms with Crippen LogP contribution in [-0.4, -0.2) is 46.4 Å². The van der Waals surface area contributed by atoms with Gasteiger partial charge in [0.05, 0.1) is 4.90 Å². The zero-order chi connectivity index (χ0) is 19.9. The minimum atomic E-state index is -3.50. The molecule has 8 heteroatoms. The molecule has 0 radical (unpaired) electrons. The summed E-state index contributed by atoms with van der Waals surface area (Å²) in [5, 5.41) is 7.11. The Morgan fingerprint density at radius 3 is 2.52 bits per heavy atom. The van der Waals surface area contributed by atoms with E-state index >= 15 is 0 Å². The number of halogens is 1. The van der Waals surface area contributed by atoms with E-state index in [0.717, 1.165) is 12.0 Å². The summed E-state index contributed by atoms with van der Waals surface area (Å²) in [7, 11) is 1.23. The van der Waals surface area contributed by atoms with Crippen LogP contribution in [0.5, 0.6) is 0 Å². The fourth-order valence-corrected chi connectivity index (χ4v) is 3.84. The van der Waals surface area contributed by atoms with Crippen LogP contribution in [0.1, 0.15) is 11.1 Å². The van der Waals surface area contributed by atoms with E-state index in [9.17, 15) is 8.42 Å². The van der Waals surface area contributed by atoms with E-state index in [1.165, 1.54) is 18.4 Å². The van der Waals surface area contributed by atoms with Crippen LogP contribution < -0.4 is 10.6 Å². The Kier molecular flexibility index (Phi) is 7.65. The molecule has 0 amide bonds. The summed E-state index contributed by atoms with van der Waals surface area (Å²) < 4.78 is 26.1.